The molecule has 8 nitrogen and oxygen atoms in total. The van der Waals surface area contributed by atoms with E-state index in [-0.39, 0.29) is 24.2 Å². The van der Waals surface area contributed by atoms with E-state index in [0.717, 1.165) is 18.6 Å². The van der Waals surface area contributed by atoms with Crippen LogP contribution in [0.4, 0.5) is 11.4 Å². The van der Waals surface area contributed by atoms with E-state index < -0.39 is 4.92 Å². The second kappa shape index (κ2) is 7.55. The van der Waals surface area contributed by atoms with Gasteiger partial charge in [-0.3, -0.25) is 19.6 Å². The Bertz CT molecular complexity index is 807. The maximum absolute atomic E-state index is 12.2. The molecular formula is C18H22N4O4. The van der Waals surface area contributed by atoms with Crippen molar-refractivity contribution in [1.29, 1.82) is 0 Å². The van der Waals surface area contributed by atoms with Gasteiger partial charge in [0.2, 0.25) is 5.91 Å². The van der Waals surface area contributed by atoms with Crippen LogP contribution in [0.5, 0.6) is 5.75 Å². The highest BCUT2D eigenvalue weighted by Gasteiger charge is 2.22. The molecule has 0 bridgehead atoms. The number of rotatable bonds is 6. The normalized spacial score (nSPS) is 14.4. The molecular weight excluding hydrogens is 336 g/mol. The first-order chi connectivity index (χ1) is 12.4. The molecule has 0 aliphatic heterocycles. The van der Waals surface area contributed by atoms with Crippen molar-refractivity contribution >= 4 is 17.3 Å². The van der Waals surface area contributed by atoms with Gasteiger partial charge in [0.15, 0.2) is 0 Å². The minimum Gasteiger partial charge on any atom is -0.490 e. The fourth-order valence-corrected chi connectivity index (χ4v) is 3.26. The SMILES string of the molecule is Cc1nn(CC(=O)Nc2ccc(OC3CCCC3)cc2)c(C)c1[N+](=O)[O-]. The smallest absolute Gasteiger partial charge is 0.312 e. The number of amides is 1. The van der Waals surface area contributed by atoms with E-state index in [0.29, 0.717) is 17.1 Å². The molecule has 0 spiro atoms. The van der Waals surface area contributed by atoms with Crippen molar-refractivity contribution in [2.45, 2.75) is 52.2 Å². The quantitative estimate of drug-likeness (QED) is 0.630. The van der Waals surface area contributed by atoms with Gasteiger partial charge in [-0.1, -0.05) is 0 Å². The van der Waals surface area contributed by atoms with Crippen LogP contribution in [0.3, 0.4) is 0 Å². The highest BCUT2D eigenvalue weighted by Crippen LogP contribution is 2.25. The number of benzene rings is 1. The van der Waals surface area contributed by atoms with Gasteiger partial charge < -0.3 is 10.1 Å². The summed E-state index contributed by atoms with van der Waals surface area (Å²) in [6.45, 7) is 3.06. The van der Waals surface area contributed by atoms with Gasteiger partial charge in [-0.05, 0) is 63.8 Å². The first kappa shape index (κ1) is 17.9. The van der Waals surface area contributed by atoms with E-state index in [1.165, 1.54) is 17.5 Å². The number of carbonyl (C=O) groups excluding carboxylic acids is 1. The van der Waals surface area contributed by atoms with Crippen LogP contribution in [0.1, 0.15) is 37.1 Å². The Labute approximate surface area is 151 Å². The number of ether oxygens (including phenoxy) is 1. The summed E-state index contributed by atoms with van der Waals surface area (Å²) >= 11 is 0. The Kier molecular flexibility index (Phi) is 5.20. The number of nitrogens with one attached hydrogen (secondary N) is 1. The number of carbonyl (C=O) groups is 1. The summed E-state index contributed by atoms with van der Waals surface area (Å²) in [7, 11) is 0. The van der Waals surface area contributed by atoms with Gasteiger partial charge in [-0.2, -0.15) is 5.10 Å². The summed E-state index contributed by atoms with van der Waals surface area (Å²) in [4.78, 5) is 22.8. The van der Waals surface area contributed by atoms with E-state index in [1.807, 2.05) is 12.1 Å². The van der Waals surface area contributed by atoms with Crippen molar-refractivity contribution in [3.05, 3.63) is 45.8 Å². The maximum atomic E-state index is 12.2. The van der Waals surface area contributed by atoms with Crippen LogP contribution in [-0.4, -0.2) is 26.7 Å². The van der Waals surface area contributed by atoms with Crippen LogP contribution in [0.2, 0.25) is 0 Å². The molecule has 138 valence electrons. The predicted molar refractivity (Wildman–Crippen MR) is 96.3 cm³/mol. The van der Waals surface area contributed by atoms with Gasteiger partial charge in [-0.15, -0.1) is 0 Å². The molecule has 8 heteroatoms. The molecule has 1 saturated carbocycles. The van der Waals surface area contributed by atoms with E-state index in [4.69, 9.17) is 4.74 Å². The third kappa shape index (κ3) is 4.01. The molecule has 1 aromatic heterocycles. The molecule has 1 amide bonds. The largest absolute Gasteiger partial charge is 0.490 e. The second-order valence-corrected chi connectivity index (χ2v) is 6.53. The van der Waals surface area contributed by atoms with Crippen LogP contribution in [-0.2, 0) is 11.3 Å². The molecule has 1 heterocycles. The first-order valence-electron chi connectivity index (χ1n) is 8.69. The van der Waals surface area contributed by atoms with Gasteiger partial charge >= 0.3 is 5.69 Å². The molecule has 1 aromatic carbocycles. The van der Waals surface area contributed by atoms with Crippen LogP contribution in [0, 0.1) is 24.0 Å². The molecule has 0 saturated heterocycles. The fourth-order valence-electron chi connectivity index (χ4n) is 3.26. The topological polar surface area (TPSA) is 99.3 Å². The molecule has 1 aliphatic rings. The highest BCUT2D eigenvalue weighted by atomic mass is 16.6. The van der Waals surface area contributed by atoms with Crippen molar-refractivity contribution in [1.82, 2.24) is 9.78 Å². The van der Waals surface area contributed by atoms with Crippen LogP contribution in [0.15, 0.2) is 24.3 Å². The highest BCUT2D eigenvalue weighted by molar-refractivity contribution is 5.90. The lowest BCUT2D eigenvalue weighted by Crippen LogP contribution is -2.20. The zero-order valence-electron chi connectivity index (χ0n) is 14.9. The number of hydrogen-bond acceptors (Lipinski definition) is 5. The van der Waals surface area contributed by atoms with Gasteiger partial charge in [-0.25, -0.2) is 0 Å². The molecule has 1 aliphatic carbocycles. The monoisotopic (exact) mass is 358 g/mol. The van der Waals surface area contributed by atoms with Gasteiger partial charge in [0.1, 0.15) is 23.7 Å². The lowest BCUT2D eigenvalue weighted by Gasteiger charge is -2.13. The molecule has 0 unspecified atom stereocenters. The molecule has 3 rings (SSSR count). The molecule has 1 fully saturated rings. The van der Waals surface area contributed by atoms with Crippen molar-refractivity contribution < 1.29 is 14.5 Å². The minimum atomic E-state index is -0.477. The summed E-state index contributed by atoms with van der Waals surface area (Å²) in [5.41, 5.74) is 1.26. The van der Waals surface area contributed by atoms with Crippen molar-refractivity contribution in [3.63, 3.8) is 0 Å². The lowest BCUT2D eigenvalue weighted by atomic mass is 10.2. The Morgan fingerprint density at radius 2 is 1.96 bits per heavy atom. The third-order valence-electron chi connectivity index (χ3n) is 4.56. The number of aromatic nitrogens is 2. The van der Waals surface area contributed by atoms with Gasteiger partial charge in [0.05, 0.1) is 11.0 Å². The minimum absolute atomic E-state index is 0.0498. The standard InChI is InChI=1S/C18H22N4O4/c1-12-18(22(24)25)13(2)21(20-12)11-17(23)19-14-7-9-16(10-8-14)26-15-5-3-4-6-15/h7-10,15H,3-6,11H2,1-2H3,(H,19,23). The molecule has 2 aromatic rings. The number of anilines is 1. The number of nitrogens with zero attached hydrogens (tertiary/aromatic N) is 3. The van der Waals surface area contributed by atoms with E-state index in [2.05, 4.69) is 10.4 Å². The van der Waals surface area contributed by atoms with Gasteiger partial charge in [0.25, 0.3) is 0 Å². The van der Waals surface area contributed by atoms with Crippen molar-refractivity contribution in [3.8, 4) is 5.75 Å². The zero-order chi connectivity index (χ0) is 18.7. The summed E-state index contributed by atoms with van der Waals surface area (Å²) in [6.07, 6.45) is 4.89. The maximum Gasteiger partial charge on any atom is 0.312 e. The fraction of sp³-hybridized carbons (Fsp3) is 0.444. The third-order valence-corrected chi connectivity index (χ3v) is 4.56. The van der Waals surface area contributed by atoms with Crippen molar-refractivity contribution in [2.75, 3.05) is 5.32 Å². The Morgan fingerprint density at radius 3 is 2.54 bits per heavy atom. The van der Waals surface area contributed by atoms with E-state index in [9.17, 15) is 14.9 Å². The second-order valence-electron chi connectivity index (χ2n) is 6.53. The summed E-state index contributed by atoms with van der Waals surface area (Å²) in [5, 5.41) is 17.9. The molecule has 1 N–H and O–H groups in total. The molecule has 0 atom stereocenters. The molecule has 0 radical (unpaired) electrons. The molecule has 26 heavy (non-hydrogen) atoms. The summed E-state index contributed by atoms with van der Waals surface area (Å²) in [6, 6.07) is 7.24. The van der Waals surface area contributed by atoms with Crippen LogP contribution in [0.25, 0.3) is 0 Å². The lowest BCUT2D eigenvalue weighted by molar-refractivity contribution is -0.386. The number of nitro groups is 1. The number of aryl methyl sites for hydroxylation is 1. The number of hydrogen-bond donors (Lipinski definition) is 1. The first-order valence-corrected chi connectivity index (χ1v) is 8.69. The average Bonchev–Trinajstić information content (AvgIpc) is 3.17. The Morgan fingerprint density at radius 1 is 1.31 bits per heavy atom. The summed E-state index contributed by atoms with van der Waals surface area (Å²) < 4.78 is 7.24. The van der Waals surface area contributed by atoms with E-state index in [1.54, 1.807) is 26.0 Å². The van der Waals surface area contributed by atoms with Crippen molar-refractivity contribution in [2.24, 2.45) is 0 Å². The average molecular weight is 358 g/mol. The van der Waals surface area contributed by atoms with Crippen LogP contribution < -0.4 is 10.1 Å². The zero-order valence-corrected chi connectivity index (χ0v) is 14.9. The Hall–Kier alpha value is -2.90. The van der Waals surface area contributed by atoms with Crippen LogP contribution >= 0.6 is 0 Å². The predicted octanol–water partition coefficient (Wildman–Crippen LogP) is 3.37. The summed E-state index contributed by atoms with van der Waals surface area (Å²) in [5.74, 6) is 0.499. The Balaban J connectivity index is 1.59. The van der Waals surface area contributed by atoms with E-state index >= 15 is 0 Å². The van der Waals surface area contributed by atoms with Gasteiger partial charge in [0, 0.05) is 5.69 Å².